The van der Waals surface area contributed by atoms with Gasteiger partial charge in [0, 0.05) is 53.8 Å². The number of aromatic nitrogens is 4. The fraction of sp³-hybridized carbons (Fsp3) is 0.200. The van der Waals surface area contributed by atoms with Gasteiger partial charge in [-0.3, -0.25) is 19.9 Å². The first-order valence-electron chi connectivity index (χ1n) is 12.5. The van der Waals surface area contributed by atoms with E-state index in [0.29, 0.717) is 5.69 Å². The van der Waals surface area contributed by atoms with Gasteiger partial charge in [0.15, 0.2) is 0 Å². The summed E-state index contributed by atoms with van der Waals surface area (Å²) in [5.41, 5.74) is 4.83. The Hall–Kier alpha value is -3.84. The van der Waals surface area contributed by atoms with Crippen LogP contribution in [0.4, 0.5) is 0 Å². The van der Waals surface area contributed by atoms with Gasteiger partial charge in [-0.15, -0.1) is 0 Å². The van der Waals surface area contributed by atoms with Crippen molar-refractivity contribution >= 4 is 5.91 Å². The Morgan fingerprint density at radius 1 is 1.03 bits per heavy atom. The van der Waals surface area contributed by atoms with E-state index in [-0.39, 0.29) is 5.56 Å². The first-order chi connectivity index (χ1) is 17.6. The summed E-state index contributed by atoms with van der Waals surface area (Å²) in [7, 11) is 0. The van der Waals surface area contributed by atoms with Gasteiger partial charge >= 0.3 is 0 Å². The molecule has 4 aromatic rings. The molecule has 160 valence electrons. The summed E-state index contributed by atoms with van der Waals surface area (Å²) in [5, 5.41) is 9.44. The minimum Gasteiger partial charge on any atom is -0.381 e. The maximum Gasteiger partial charge on any atom is 0.251 e. The molecular formula is C25H23N5O2. The number of nitrogens with zero attached hydrogens (tertiary/aromatic N) is 3. The topological polar surface area (TPSA) is 92.8 Å². The average Bonchev–Trinajstić information content (AvgIpc) is 3.38. The SMILES string of the molecule is [2H]C1([2H])COCC([2H])([2H])C1([2H])NC(=O)c1ccc(-c2cc(-c3cn[nH]c3-c3ccccn3)ccn2)cc1. The molecule has 1 aliphatic rings. The fourth-order valence-electron chi connectivity index (χ4n) is 3.39. The standard InChI is InChI=1S/C25H23N5O2/c31-25(29-20-9-13-32-14-10-20)18-6-4-17(5-7-18)23-15-19(8-12-27-23)21-16-28-30-24(21)22-3-1-2-11-26-22/h1-8,11-12,15-16,20H,9-10,13-14H2,(H,28,30)(H,29,31)/i9D2,10D2,20D. The summed E-state index contributed by atoms with van der Waals surface area (Å²) in [6, 6.07) is 13.3. The van der Waals surface area contributed by atoms with Gasteiger partial charge in [-0.25, -0.2) is 0 Å². The van der Waals surface area contributed by atoms with Gasteiger partial charge in [0.2, 0.25) is 0 Å². The number of rotatable bonds is 5. The molecule has 1 saturated heterocycles. The second kappa shape index (κ2) is 9.11. The van der Waals surface area contributed by atoms with E-state index in [1.165, 1.54) is 12.1 Å². The highest BCUT2D eigenvalue weighted by atomic mass is 16.5. The first kappa shape index (κ1) is 15.0. The Balaban J connectivity index is 1.39. The number of nitrogens with one attached hydrogen (secondary N) is 2. The predicted molar refractivity (Wildman–Crippen MR) is 122 cm³/mol. The number of benzene rings is 1. The van der Waals surface area contributed by atoms with Crippen molar-refractivity contribution in [3.05, 3.63) is 78.8 Å². The molecule has 7 heteroatoms. The number of carbonyl (C=O) groups is 1. The van der Waals surface area contributed by atoms with Gasteiger partial charge in [-0.2, -0.15) is 5.10 Å². The minimum atomic E-state index is -2.51. The van der Waals surface area contributed by atoms with Crippen LogP contribution in [0.2, 0.25) is 0 Å². The smallest absolute Gasteiger partial charge is 0.251 e. The third kappa shape index (κ3) is 4.29. The van der Waals surface area contributed by atoms with Crippen molar-refractivity contribution in [1.29, 1.82) is 0 Å². The zero-order valence-corrected chi connectivity index (χ0v) is 17.0. The molecule has 0 unspecified atom stereocenters. The predicted octanol–water partition coefficient (Wildman–Crippen LogP) is 4.11. The number of aromatic amines is 1. The number of carbonyl (C=O) groups excluding carboxylic acids is 1. The Morgan fingerprint density at radius 3 is 2.62 bits per heavy atom. The largest absolute Gasteiger partial charge is 0.381 e. The summed E-state index contributed by atoms with van der Waals surface area (Å²) in [6.07, 6.45) is 0.272. The molecule has 1 fully saturated rings. The molecule has 32 heavy (non-hydrogen) atoms. The van der Waals surface area contributed by atoms with Crippen LogP contribution < -0.4 is 5.32 Å². The zero-order valence-electron chi connectivity index (χ0n) is 22.0. The van der Waals surface area contributed by atoms with E-state index in [0.717, 1.165) is 28.1 Å². The van der Waals surface area contributed by atoms with Gasteiger partial charge in [0.1, 0.15) is 0 Å². The van der Waals surface area contributed by atoms with E-state index in [2.05, 4.69) is 25.5 Å². The maximum absolute atomic E-state index is 12.9. The monoisotopic (exact) mass is 430 g/mol. The van der Waals surface area contributed by atoms with E-state index in [9.17, 15) is 4.79 Å². The number of ether oxygens (including phenoxy) is 1. The minimum absolute atomic E-state index is 0.164. The van der Waals surface area contributed by atoms with Gasteiger partial charge in [-0.05, 0) is 54.7 Å². The van der Waals surface area contributed by atoms with E-state index in [1.807, 2.05) is 30.3 Å². The lowest BCUT2D eigenvalue weighted by Gasteiger charge is -2.23. The van der Waals surface area contributed by atoms with Gasteiger partial charge in [0.05, 0.1) is 24.6 Å². The fourth-order valence-corrected chi connectivity index (χ4v) is 3.39. The van der Waals surface area contributed by atoms with Crippen molar-refractivity contribution in [2.75, 3.05) is 13.2 Å². The molecule has 0 aliphatic carbocycles. The molecule has 1 amide bonds. The van der Waals surface area contributed by atoms with Crippen LogP contribution in [0.15, 0.2) is 73.2 Å². The van der Waals surface area contributed by atoms with Crippen molar-refractivity contribution in [2.24, 2.45) is 0 Å². The van der Waals surface area contributed by atoms with E-state index in [4.69, 9.17) is 11.6 Å². The highest BCUT2D eigenvalue weighted by molar-refractivity contribution is 5.95. The van der Waals surface area contributed by atoms with Crippen molar-refractivity contribution in [2.45, 2.75) is 18.8 Å². The summed E-state index contributed by atoms with van der Waals surface area (Å²) < 4.78 is 45.7. The number of pyridine rings is 2. The second-order valence-electron chi connectivity index (χ2n) is 7.06. The highest BCUT2D eigenvalue weighted by Crippen LogP contribution is 2.31. The van der Waals surface area contributed by atoms with Crippen LogP contribution in [-0.2, 0) is 4.74 Å². The quantitative estimate of drug-likeness (QED) is 0.497. The van der Waals surface area contributed by atoms with Crippen LogP contribution in [0.3, 0.4) is 0 Å². The molecule has 2 N–H and O–H groups in total. The third-order valence-corrected chi connectivity index (χ3v) is 5.01. The molecule has 3 aromatic heterocycles. The van der Waals surface area contributed by atoms with E-state index < -0.39 is 37.9 Å². The van der Waals surface area contributed by atoms with E-state index >= 15 is 0 Å². The van der Waals surface area contributed by atoms with E-state index in [1.54, 1.807) is 30.7 Å². The molecule has 1 aromatic carbocycles. The lowest BCUT2D eigenvalue weighted by atomic mass is 10.0. The lowest BCUT2D eigenvalue weighted by molar-refractivity contribution is 0.0696. The summed E-state index contributed by atoms with van der Waals surface area (Å²) in [5.74, 6) is -0.753. The number of hydrogen-bond acceptors (Lipinski definition) is 5. The Kier molecular flexibility index (Phi) is 4.28. The second-order valence-corrected chi connectivity index (χ2v) is 7.06. The summed E-state index contributed by atoms with van der Waals surface area (Å²) >= 11 is 0. The molecule has 5 rings (SSSR count). The average molecular weight is 431 g/mol. The third-order valence-electron chi connectivity index (χ3n) is 5.01. The molecule has 0 atom stereocenters. The van der Waals surface area contributed by atoms with Crippen molar-refractivity contribution in [3.8, 4) is 33.8 Å². The van der Waals surface area contributed by atoms with Gasteiger partial charge < -0.3 is 10.1 Å². The number of hydrogen-bond donors (Lipinski definition) is 2. The molecule has 1 aliphatic heterocycles. The molecule has 4 heterocycles. The molecule has 0 spiro atoms. The van der Waals surface area contributed by atoms with Gasteiger partial charge in [-0.1, -0.05) is 18.2 Å². The number of amides is 1. The van der Waals surface area contributed by atoms with Crippen molar-refractivity contribution < 1.29 is 16.4 Å². The zero-order chi connectivity index (χ0) is 26.3. The number of H-pyrrole nitrogens is 1. The normalized spacial score (nSPS) is 20.7. The van der Waals surface area contributed by atoms with Crippen LogP contribution >= 0.6 is 0 Å². The molecule has 0 radical (unpaired) electrons. The van der Waals surface area contributed by atoms with Crippen LogP contribution in [0.1, 0.15) is 30.0 Å². The maximum atomic E-state index is 12.9. The summed E-state index contributed by atoms with van der Waals surface area (Å²) in [6.45, 7) is -0.980. The van der Waals surface area contributed by atoms with Crippen LogP contribution in [0, 0.1) is 0 Å². The molecule has 7 nitrogen and oxygen atoms in total. The molecule has 0 saturated carbocycles. The van der Waals surface area contributed by atoms with Gasteiger partial charge in [0.25, 0.3) is 5.91 Å². The van der Waals surface area contributed by atoms with Crippen LogP contribution in [0.25, 0.3) is 33.8 Å². The first-order valence-corrected chi connectivity index (χ1v) is 10.0. The molecular weight excluding hydrogens is 402 g/mol. The van der Waals surface area contributed by atoms with Crippen molar-refractivity contribution in [3.63, 3.8) is 0 Å². The van der Waals surface area contributed by atoms with Crippen LogP contribution in [-0.4, -0.2) is 45.3 Å². The molecule has 0 bridgehead atoms. The highest BCUT2D eigenvalue weighted by Gasteiger charge is 2.17. The Labute approximate surface area is 192 Å². The Bertz CT molecular complexity index is 1410. The van der Waals surface area contributed by atoms with Crippen molar-refractivity contribution in [1.82, 2.24) is 25.5 Å². The van der Waals surface area contributed by atoms with Crippen LogP contribution in [0.5, 0.6) is 0 Å². The summed E-state index contributed by atoms with van der Waals surface area (Å²) in [4.78, 5) is 21.7. The lowest BCUT2D eigenvalue weighted by Crippen LogP contribution is -2.38. The Morgan fingerprint density at radius 2 is 1.84 bits per heavy atom.